The first-order chi connectivity index (χ1) is 35.4. The average molecular weight is 1040 g/mol. The number of carbonyl (C=O) groups excluding carboxylic acids is 2. The lowest BCUT2D eigenvalue weighted by molar-refractivity contribution is -0.870. The van der Waals surface area contributed by atoms with Crippen LogP contribution in [-0.2, 0) is 27.9 Å². The molecule has 0 fully saturated rings. The van der Waals surface area contributed by atoms with Gasteiger partial charge >= 0.3 is 13.8 Å². The van der Waals surface area contributed by atoms with Crippen LogP contribution in [-0.4, -0.2) is 74.3 Å². The van der Waals surface area contributed by atoms with Crippen molar-refractivity contribution in [3.05, 3.63) is 109 Å². The van der Waals surface area contributed by atoms with Crippen LogP contribution in [0.25, 0.3) is 0 Å². The van der Waals surface area contributed by atoms with Crippen molar-refractivity contribution in [1.29, 1.82) is 0 Å². The Bertz CT molecular complexity index is 1620. The first-order valence-corrected chi connectivity index (χ1v) is 30.7. The van der Waals surface area contributed by atoms with Crippen LogP contribution < -0.4 is 5.32 Å². The molecule has 0 spiro atoms. The van der Waals surface area contributed by atoms with Gasteiger partial charge in [-0.25, -0.2) is 4.57 Å². The molecule has 0 aromatic carbocycles. The Morgan fingerprint density at radius 2 is 0.890 bits per heavy atom. The Kier molecular flexibility index (Phi) is 49.7. The second kappa shape index (κ2) is 52.1. The molecule has 10 heteroatoms. The maximum atomic E-state index is 13.5. The van der Waals surface area contributed by atoms with Crippen LogP contribution in [0.15, 0.2) is 109 Å². The van der Waals surface area contributed by atoms with E-state index < -0.39 is 25.9 Å². The predicted octanol–water partition coefficient (Wildman–Crippen LogP) is 17.8. The molecule has 0 saturated carbocycles. The normalized spacial score (nSPS) is 14.6. The summed E-state index contributed by atoms with van der Waals surface area (Å²) >= 11 is 0. The fourth-order valence-electron chi connectivity index (χ4n) is 7.70. The number of likely N-dealkylation sites (N-methyl/N-ethyl adjacent to an activating group) is 1. The minimum absolute atomic E-state index is 0.0217. The fraction of sp³-hybridized carbons (Fsp3) is 0.683. The van der Waals surface area contributed by atoms with Crippen molar-refractivity contribution in [3.63, 3.8) is 0 Å². The summed E-state index contributed by atoms with van der Waals surface area (Å²) in [5.41, 5.74) is 0. The van der Waals surface area contributed by atoms with Gasteiger partial charge in [0.15, 0.2) is 0 Å². The highest BCUT2D eigenvalue weighted by atomic mass is 31.2. The number of allylic oxidation sites excluding steroid dienone is 17. The van der Waals surface area contributed by atoms with Gasteiger partial charge in [0.1, 0.15) is 19.3 Å². The first-order valence-electron chi connectivity index (χ1n) is 29.2. The van der Waals surface area contributed by atoms with Gasteiger partial charge < -0.3 is 19.4 Å². The zero-order valence-electron chi connectivity index (χ0n) is 47.6. The van der Waals surface area contributed by atoms with E-state index in [-0.39, 0.29) is 32.0 Å². The molecule has 0 bridgehead atoms. The molecule has 1 amide bonds. The number of phosphoric acid groups is 1. The first kappa shape index (κ1) is 69.7. The van der Waals surface area contributed by atoms with Crippen molar-refractivity contribution in [2.24, 2.45) is 0 Å². The molecule has 0 aromatic rings. The molecule has 9 nitrogen and oxygen atoms in total. The number of phosphoric ester groups is 1. The third-order valence-corrected chi connectivity index (χ3v) is 13.2. The minimum Gasteiger partial charge on any atom is -0.456 e. The topological polar surface area (TPSA) is 111 Å². The quantitative estimate of drug-likeness (QED) is 0.0205. The highest BCUT2D eigenvalue weighted by molar-refractivity contribution is 7.47. The van der Waals surface area contributed by atoms with Gasteiger partial charge in [0.05, 0.1) is 33.8 Å². The van der Waals surface area contributed by atoms with Crippen molar-refractivity contribution < 1.29 is 37.3 Å². The standard InChI is InChI=1S/C63H109N2O7P/c1-7-10-13-16-19-22-25-27-28-29-30-31-32-33-34-35-36-38-40-43-46-49-52-55-62(66)64-60(59-71-73(68,69)70-58-57-65(4,5)6)61(54-51-48-45-42-39-24-21-18-15-12-9-3)72-63(67)56-53-50-47-44-41-37-26-23-20-17-14-11-8-2/h10,13,19,22,27-28,30-31,33-34,36-38,41,47,50-51,54,60-61H,7-9,11-12,14-18,20-21,23-26,29,32,35,39-40,42-46,48-49,52-53,55-59H2,1-6H3,(H-,64,66,68,69)/p+1/b13-10-,22-19-,28-27-,31-30-,34-33-,38-36-,41-37-,50-47+,54-51-. The number of nitrogens with zero attached hydrogens (tertiary/aromatic N) is 1. The summed E-state index contributed by atoms with van der Waals surface area (Å²) in [7, 11) is 1.44. The molecule has 0 saturated heterocycles. The van der Waals surface area contributed by atoms with E-state index in [0.29, 0.717) is 23.9 Å². The lowest BCUT2D eigenvalue weighted by atomic mass is 10.1. The maximum absolute atomic E-state index is 13.5. The smallest absolute Gasteiger partial charge is 0.456 e. The van der Waals surface area contributed by atoms with Crippen LogP contribution in [0.4, 0.5) is 0 Å². The summed E-state index contributed by atoms with van der Waals surface area (Å²) in [6.45, 7) is 6.80. The van der Waals surface area contributed by atoms with Gasteiger partial charge in [0, 0.05) is 12.8 Å². The number of quaternary nitrogens is 1. The van der Waals surface area contributed by atoms with Gasteiger partial charge in [-0.05, 0) is 102 Å². The molecular formula is C63H110N2O7P+. The van der Waals surface area contributed by atoms with Crippen molar-refractivity contribution in [2.45, 2.75) is 238 Å². The molecule has 0 aliphatic rings. The molecule has 0 radical (unpaired) electrons. The predicted molar refractivity (Wildman–Crippen MR) is 313 cm³/mol. The van der Waals surface area contributed by atoms with E-state index in [9.17, 15) is 19.0 Å². The second-order valence-corrected chi connectivity index (χ2v) is 21.9. The Morgan fingerprint density at radius 3 is 1.34 bits per heavy atom. The van der Waals surface area contributed by atoms with E-state index in [1.54, 1.807) is 0 Å². The summed E-state index contributed by atoms with van der Waals surface area (Å²) in [6, 6.07) is -0.890. The van der Waals surface area contributed by atoms with Gasteiger partial charge in [-0.15, -0.1) is 0 Å². The summed E-state index contributed by atoms with van der Waals surface area (Å²) in [5.74, 6) is -0.622. The van der Waals surface area contributed by atoms with Gasteiger partial charge in [-0.2, -0.15) is 0 Å². The van der Waals surface area contributed by atoms with E-state index in [4.69, 9.17) is 13.8 Å². The molecular weight excluding hydrogens is 928 g/mol. The minimum atomic E-state index is -4.47. The molecule has 0 aliphatic heterocycles. The number of esters is 1. The highest BCUT2D eigenvalue weighted by Gasteiger charge is 2.30. The number of amides is 1. The van der Waals surface area contributed by atoms with E-state index in [0.717, 1.165) is 96.3 Å². The average Bonchev–Trinajstić information content (AvgIpc) is 3.35. The largest absolute Gasteiger partial charge is 0.472 e. The Balaban J connectivity index is 5.35. The molecule has 3 unspecified atom stereocenters. The number of hydrogen-bond donors (Lipinski definition) is 2. The lowest BCUT2D eigenvalue weighted by Crippen LogP contribution is -2.47. The number of unbranched alkanes of at least 4 members (excludes halogenated alkanes) is 19. The lowest BCUT2D eigenvalue weighted by Gasteiger charge is -2.27. The number of carbonyl (C=O) groups is 2. The van der Waals surface area contributed by atoms with Gasteiger partial charge in [0.2, 0.25) is 5.91 Å². The van der Waals surface area contributed by atoms with E-state index in [2.05, 4.69) is 117 Å². The maximum Gasteiger partial charge on any atom is 0.472 e. The molecule has 73 heavy (non-hydrogen) atoms. The van der Waals surface area contributed by atoms with Crippen LogP contribution in [0.1, 0.15) is 226 Å². The van der Waals surface area contributed by atoms with Crippen LogP contribution in [0.2, 0.25) is 0 Å². The molecule has 0 heterocycles. The molecule has 3 atom stereocenters. The van der Waals surface area contributed by atoms with Crippen molar-refractivity contribution in [3.8, 4) is 0 Å². The number of nitrogens with one attached hydrogen (secondary N) is 1. The molecule has 0 aromatic heterocycles. The molecule has 418 valence electrons. The van der Waals surface area contributed by atoms with Gasteiger partial charge in [-0.1, -0.05) is 220 Å². The Labute approximate surface area is 449 Å². The van der Waals surface area contributed by atoms with Gasteiger partial charge in [0.25, 0.3) is 0 Å². The van der Waals surface area contributed by atoms with E-state index in [1.165, 1.54) is 83.5 Å². The summed E-state index contributed by atoms with van der Waals surface area (Å²) in [6.07, 6.45) is 71.0. The number of hydrogen-bond acceptors (Lipinski definition) is 6. The van der Waals surface area contributed by atoms with Crippen LogP contribution in [0.5, 0.6) is 0 Å². The zero-order valence-corrected chi connectivity index (χ0v) is 48.5. The third kappa shape index (κ3) is 53.3. The summed E-state index contributed by atoms with van der Waals surface area (Å²) in [5, 5.41) is 3.01. The molecule has 0 aliphatic carbocycles. The van der Waals surface area contributed by atoms with Crippen molar-refractivity contribution in [1.82, 2.24) is 5.32 Å². The van der Waals surface area contributed by atoms with E-state index >= 15 is 0 Å². The SMILES string of the molecule is CC/C=C\C/C=C\C/C=C\C/C=C\C/C=C\C/C=C\CCCCCCC(=O)NC(COP(=O)(O)OCC[N+](C)(C)C)C(/C=C\CCCCCCCCCCC)OC(=O)CC/C=C/C/C=C\CCCCCCCC. The summed E-state index contributed by atoms with van der Waals surface area (Å²) < 4.78 is 30.5. The van der Waals surface area contributed by atoms with Crippen LogP contribution >= 0.6 is 7.82 Å². The van der Waals surface area contributed by atoms with Crippen LogP contribution in [0, 0.1) is 0 Å². The fourth-order valence-corrected chi connectivity index (χ4v) is 8.44. The Morgan fingerprint density at radius 1 is 0.493 bits per heavy atom. The van der Waals surface area contributed by atoms with Crippen molar-refractivity contribution in [2.75, 3.05) is 40.9 Å². The van der Waals surface area contributed by atoms with Crippen molar-refractivity contribution >= 4 is 19.7 Å². The highest BCUT2D eigenvalue weighted by Crippen LogP contribution is 2.43. The zero-order chi connectivity index (χ0) is 53.6. The van der Waals surface area contributed by atoms with E-state index in [1.807, 2.05) is 39.4 Å². The van der Waals surface area contributed by atoms with Crippen LogP contribution in [0.3, 0.4) is 0 Å². The molecule has 2 N–H and O–H groups in total. The molecule has 0 rings (SSSR count). The Hall–Kier alpha value is -3.33. The number of rotatable bonds is 51. The van der Waals surface area contributed by atoms with Gasteiger partial charge in [-0.3, -0.25) is 18.6 Å². The monoisotopic (exact) mass is 1040 g/mol. The number of ether oxygens (including phenoxy) is 1. The summed E-state index contributed by atoms with van der Waals surface area (Å²) in [4.78, 5) is 37.5. The second-order valence-electron chi connectivity index (χ2n) is 20.4. The third-order valence-electron chi connectivity index (χ3n) is 12.2.